The molecule has 6 nitrogen and oxygen atoms in total. The van der Waals surface area contributed by atoms with Crippen LogP contribution in [-0.2, 0) is 32.2 Å². The fourth-order valence-corrected chi connectivity index (χ4v) is 2.67. The number of aliphatic hydroxyl groups is 2. The first-order chi connectivity index (χ1) is 14.0. The molecule has 3 rings (SSSR count). The van der Waals surface area contributed by atoms with Crippen LogP contribution in [-0.4, -0.2) is 54.6 Å². The molecule has 0 bridgehead atoms. The molecular weight excluding hydrogens is 372 g/mol. The van der Waals surface area contributed by atoms with E-state index in [1.54, 1.807) is 0 Å². The number of hydrogen-bond acceptors (Lipinski definition) is 6. The maximum absolute atomic E-state index is 8.96. The zero-order valence-electron chi connectivity index (χ0n) is 17.2. The van der Waals surface area contributed by atoms with E-state index in [9.17, 15) is 0 Å². The lowest BCUT2D eigenvalue weighted by Gasteiger charge is -2.17. The summed E-state index contributed by atoms with van der Waals surface area (Å²) in [5, 5.41) is 17.5. The lowest BCUT2D eigenvalue weighted by molar-refractivity contribution is -0.145. The molecule has 0 saturated carbocycles. The van der Waals surface area contributed by atoms with E-state index in [0.717, 1.165) is 5.56 Å². The molecule has 1 aliphatic heterocycles. The Morgan fingerprint density at radius 3 is 2.00 bits per heavy atom. The topological polar surface area (TPSA) is 77.4 Å². The molecule has 2 N–H and O–H groups in total. The minimum absolute atomic E-state index is 0.0544. The van der Waals surface area contributed by atoms with Gasteiger partial charge in [-0.3, -0.25) is 0 Å². The van der Waals surface area contributed by atoms with Crippen LogP contribution in [0.4, 0.5) is 0 Å². The number of aliphatic hydroxyl groups excluding tert-OH is 2. The molecule has 1 fully saturated rings. The van der Waals surface area contributed by atoms with Gasteiger partial charge in [-0.2, -0.15) is 0 Å². The first-order valence-electron chi connectivity index (χ1n) is 9.82. The summed E-state index contributed by atoms with van der Waals surface area (Å²) in [5.41, 5.74) is 2.24. The maximum Gasteiger partial charge on any atom is 0.163 e. The second kappa shape index (κ2) is 12.7. The number of benzene rings is 2. The van der Waals surface area contributed by atoms with E-state index in [1.807, 2.05) is 62.4 Å². The Bertz CT molecular complexity index is 662. The highest BCUT2D eigenvalue weighted by atomic mass is 16.7. The van der Waals surface area contributed by atoms with Gasteiger partial charge in [0.25, 0.3) is 0 Å². The fraction of sp³-hybridized carbons (Fsp3) is 0.478. The van der Waals surface area contributed by atoms with E-state index >= 15 is 0 Å². The molecule has 1 aliphatic rings. The zero-order chi connectivity index (χ0) is 21.0. The Kier molecular flexibility index (Phi) is 10.3. The van der Waals surface area contributed by atoms with Crippen LogP contribution in [0.15, 0.2) is 60.7 Å². The van der Waals surface area contributed by atoms with Crippen molar-refractivity contribution in [2.45, 2.75) is 45.1 Å². The van der Waals surface area contributed by atoms with E-state index < -0.39 is 11.9 Å². The van der Waals surface area contributed by atoms with Crippen molar-refractivity contribution in [1.29, 1.82) is 0 Å². The quantitative estimate of drug-likeness (QED) is 0.669. The highest BCUT2D eigenvalue weighted by Crippen LogP contribution is 2.22. The molecule has 2 aromatic carbocycles. The molecule has 160 valence electrons. The Balaban J connectivity index is 0.000000212. The van der Waals surface area contributed by atoms with Crippen molar-refractivity contribution in [3.8, 4) is 0 Å². The third kappa shape index (κ3) is 9.99. The molecule has 0 aliphatic carbocycles. The molecule has 1 heterocycles. The average molecular weight is 405 g/mol. The average Bonchev–Trinajstić information content (AvgIpc) is 3.08. The normalized spacial score (nSPS) is 18.7. The molecule has 2 unspecified atom stereocenters. The highest BCUT2D eigenvalue weighted by Gasteiger charge is 2.32. The first-order valence-corrected chi connectivity index (χ1v) is 9.82. The Morgan fingerprint density at radius 1 is 0.966 bits per heavy atom. The lowest BCUT2D eigenvalue weighted by atomic mass is 10.2. The van der Waals surface area contributed by atoms with Gasteiger partial charge in [-0.15, -0.1) is 0 Å². The van der Waals surface area contributed by atoms with Gasteiger partial charge in [0.15, 0.2) is 5.79 Å². The van der Waals surface area contributed by atoms with Crippen molar-refractivity contribution < 1.29 is 29.2 Å². The third-order valence-corrected chi connectivity index (χ3v) is 4.12. The van der Waals surface area contributed by atoms with Gasteiger partial charge in [-0.25, -0.2) is 0 Å². The summed E-state index contributed by atoms with van der Waals surface area (Å²) in [6.07, 6.45) is -0.720. The van der Waals surface area contributed by atoms with E-state index in [0.29, 0.717) is 26.4 Å². The van der Waals surface area contributed by atoms with Crippen LogP contribution in [0.5, 0.6) is 0 Å². The Hall–Kier alpha value is -1.80. The standard InChI is InChI=1S/C13H18O3.C10H14O3/c1-13(2)15-10-12(16-13)9-14-8-11-6-4-3-5-7-11;11-6-10(12)8-13-7-9-4-2-1-3-5-9/h3-7,12H,8-10H2,1-2H3;1-5,10-12H,6-8H2. The minimum atomic E-state index is -0.774. The zero-order valence-corrected chi connectivity index (χ0v) is 17.2. The monoisotopic (exact) mass is 404 g/mol. The molecule has 0 aromatic heterocycles. The smallest absolute Gasteiger partial charge is 0.163 e. The van der Waals surface area contributed by atoms with Gasteiger partial charge in [0.1, 0.15) is 12.2 Å². The summed E-state index contributed by atoms with van der Waals surface area (Å²) in [6, 6.07) is 19.8. The van der Waals surface area contributed by atoms with Crippen molar-refractivity contribution in [3.05, 3.63) is 71.8 Å². The van der Waals surface area contributed by atoms with E-state index in [1.165, 1.54) is 5.56 Å². The molecule has 0 radical (unpaired) electrons. The molecular formula is C23H32O6. The highest BCUT2D eigenvalue weighted by molar-refractivity contribution is 5.14. The van der Waals surface area contributed by atoms with E-state index in [-0.39, 0.29) is 19.3 Å². The summed E-state index contributed by atoms with van der Waals surface area (Å²) in [5.74, 6) is -0.458. The van der Waals surface area contributed by atoms with Crippen molar-refractivity contribution in [2.75, 3.05) is 26.4 Å². The largest absolute Gasteiger partial charge is 0.394 e. The van der Waals surface area contributed by atoms with Crippen LogP contribution in [0.2, 0.25) is 0 Å². The van der Waals surface area contributed by atoms with Gasteiger partial charge in [-0.05, 0) is 25.0 Å². The van der Waals surface area contributed by atoms with Crippen LogP contribution in [0, 0.1) is 0 Å². The second-order valence-corrected chi connectivity index (χ2v) is 7.29. The van der Waals surface area contributed by atoms with Gasteiger partial charge in [0, 0.05) is 0 Å². The van der Waals surface area contributed by atoms with Gasteiger partial charge in [0.2, 0.25) is 0 Å². The fourth-order valence-electron chi connectivity index (χ4n) is 2.67. The SMILES string of the molecule is CC1(C)OCC(COCc2ccccc2)O1.OCC(O)COCc1ccccc1. The number of rotatable bonds is 9. The van der Waals surface area contributed by atoms with Gasteiger partial charge in [-0.1, -0.05) is 60.7 Å². The molecule has 0 spiro atoms. The second-order valence-electron chi connectivity index (χ2n) is 7.29. The first kappa shape index (κ1) is 23.5. The van der Waals surface area contributed by atoms with Gasteiger partial charge < -0.3 is 29.2 Å². The maximum atomic E-state index is 8.96. The summed E-state index contributed by atoms with van der Waals surface area (Å²) in [7, 11) is 0. The summed E-state index contributed by atoms with van der Waals surface area (Å²) in [4.78, 5) is 0. The van der Waals surface area contributed by atoms with Crippen molar-refractivity contribution >= 4 is 0 Å². The van der Waals surface area contributed by atoms with Gasteiger partial charge >= 0.3 is 0 Å². The molecule has 6 heteroatoms. The van der Waals surface area contributed by atoms with E-state index in [4.69, 9.17) is 29.2 Å². The van der Waals surface area contributed by atoms with Crippen molar-refractivity contribution in [3.63, 3.8) is 0 Å². The summed E-state index contributed by atoms with van der Waals surface area (Å²) >= 11 is 0. The predicted molar refractivity (Wildman–Crippen MR) is 110 cm³/mol. The molecule has 2 aromatic rings. The van der Waals surface area contributed by atoms with E-state index in [2.05, 4.69) is 12.1 Å². The van der Waals surface area contributed by atoms with Crippen molar-refractivity contribution in [2.24, 2.45) is 0 Å². The van der Waals surface area contributed by atoms with Crippen LogP contribution in [0.3, 0.4) is 0 Å². The molecule has 29 heavy (non-hydrogen) atoms. The predicted octanol–water partition coefficient (Wildman–Crippen LogP) is 2.91. The van der Waals surface area contributed by atoms with Crippen molar-refractivity contribution in [1.82, 2.24) is 0 Å². The summed E-state index contributed by atoms with van der Waals surface area (Å²) in [6.45, 7) is 6.05. The number of hydrogen-bond donors (Lipinski definition) is 2. The Morgan fingerprint density at radius 2 is 1.52 bits per heavy atom. The van der Waals surface area contributed by atoms with Crippen LogP contribution >= 0.6 is 0 Å². The number of ether oxygens (including phenoxy) is 4. The Labute approximate surface area is 173 Å². The molecule has 1 saturated heterocycles. The third-order valence-electron chi connectivity index (χ3n) is 4.12. The lowest BCUT2D eigenvalue weighted by Crippen LogP contribution is -2.23. The minimum Gasteiger partial charge on any atom is -0.394 e. The van der Waals surface area contributed by atoms with Crippen LogP contribution < -0.4 is 0 Å². The van der Waals surface area contributed by atoms with Crippen LogP contribution in [0.1, 0.15) is 25.0 Å². The molecule has 0 amide bonds. The summed E-state index contributed by atoms with van der Waals surface area (Å²) < 4.78 is 21.8. The molecule has 2 atom stereocenters. The van der Waals surface area contributed by atoms with Gasteiger partial charge in [0.05, 0.1) is 39.6 Å². The van der Waals surface area contributed by atoms with Crippen LogP contribution in [0.25, 0.3) is 0 Å².